The molecule has 1 aromatic carbocycles. The normalized spacial score (nSPS) is 16.8. The minimum absolute atomic E-state index is 0.112. The van der Waals surface area contributed by atoms with Crippen LogP contribution in [0.25, 0.3) is 5.69 Å². The van der Waals surface area contributed by atoms with Gasteiger partial charge in [0.1, 0.15) is 6.33 Å². The van der Waals surface area contributed by atoms with Gasteiger partial charge in [-0.3, -0.25) is 4.79 Å². The Kier molecular flexibility index (Phi) is 3.70. The molecule has 1 saturated carbocycles. The van der Waals surface area contributed by atoms with Crippen LogP contribution < -0.4 is 5.32 Å². The van der Waals surface area contributed by atoms with Crippen LogP contribution in [0.15, 0.2) is 36.7 Å². The largest absolute Gasteiger partial charge is 0.388 e. The molecule has 0 aliphatic heterocycles. The molecule has 2 aromatic rings. The Hall–Kier alpha value is -2.21. The molecule has 1 heterocycles. The maximum Gasteiger partial charge on any atom is 0.291 e. The maximum atomic E-state index is 12.0. The summed E-state index contributed by atoms with van der Waals surface area (Å²) >= 11 is 0. The fourth-order valence-corrected chi connectivity index (χ4v) is 2.61. The van der Waals surface area contributed by atoms with Crippen LogP contribution in [0.2, 0.25) is 0 Å². The molecule has 1 aliphatic carbocycles. The van der Waals surface area contributed by atoms with Crippen molar-refractivity contribution in [1.82, 2.24) is 20.1 Å². The third kappa shape index (κ3) is 3.11. The number of benzene rings is 1. The molecule has 2 N–H and O–H groups in total. The van der Waals surface area contributed by atoms with E-state index in [9.17, 15) is 9.90 Å². The van der Waals surface area contributed by atoms with Crippen LogP contribution in [0, 0.1) is 0 Å². The summed E-state index contributed by atoms with van der Waals surface area (Å²) in [6.07, 6.45) is 4.99. The van der Waals surface area contributed by atoms with Gasteiger partial charge in [-0.05, 0) is 25.0 Å². The molecule has 1 fully saturated rings. The molecule has 110 valence electrons. The summed E-state index contributed by atoms with van der Waals surface area (Å²) in [5.41, 5.74) is 0.0796. The molecular formula is C15H18N4O2. The highest BCUT2D eigenvalue weighted by Gasteiger charge is 2.31. The topological polar surface area (TPSA) is 80.0 Å². The number of para-hydroxylation sites is 1. The van der Waals surface area contributed by atoms with Gasteiger partial charge in [-0.25, -0.2) is 9.67 Å². The fourth-order valence-electron chi connectivity index (χ4n) is 2.61. The lowest BCUT2D eigenvalue weighted by Gasteiger charge is -2.21. The van der Waals surface area contributed by atoms with Gasteiger partial charge in [0.25, 0.3) is 5.91 Å². The van der Waals surface area contributed by atoms with Crippen molar-refractivity contribution >= 4 is 5.91 Å². The van der Waals surface area contributed by atoms with E-state index < -0.39 is 5.60 Å². The predicted molar refractivity (Wildman–Crippen MR) is 77.1 cm³/mol. The molecule has 0 bridgehead atoms. The van der Waals surface area contributed by atoms with Gasteiger partial charge >= 0.3 is 0 Å². The van der Waals surface area contributed by atoms with Crippen molar-refractivity contribution in [1.29, 1.82) is 0 Å². The number of carbonyl (C=O) groups is 1. The molecule has 21 heavy (non-hydrogen) atoms. The van der Waals surface area contributed by atoms with Gasteiger partial charge in [0, 0.05) is 6.54 Å². The second kappa shape index (κ2) is 5.65. The molecule has 6 heteroatoms. The first-order chi connectivity index (χ1) is 10.2. The number of rotatable bonds is 4. The van der Waals surface area contributed by atoms with Crippen molar-refractivity contribution in [3.63, 3.8) is 0 Å². The summed E-state index contributed by atoms with van der Waals surface area (Å²) in [6.45, 7) is 0.256. The zero-order valence-corrected chi connectivity index (χ0v) is 11.7. The first-order valence-corrected chi connectivity index (χ1v) is 7.14. The van der Waals surface area contributed by atoms with E-state index >= 15 is 0 Å². The molecule has 1 amide bonds. The van der Waals surface area contributed by atoms with Crippen molar-refractivity contribution in [2.45, 2.75) is 31.3 Å². The fraction of sp³-hybridized carbons (Fsp3) is 0.400. The van der Waals surface area contributed by atoms with Crippen LogP contribution in [0.3, 0.4) is 0 Å². The van der Waals surface area contributed by atoms with Gasteiger partial charge in [0.2, 0.25) is 5.82 Å². The Morgan fingerprint density at radius 2 is 2.00 bits per heavy atom. The lowest BCUT2D eigenvalue weighted by atomic mass is 10.0. The van der Waals surface area contributed by atoms with Crippen molar-refractivity contribution in [3.05, 3.63) is 42.5 Å². The quantitative estimate of drug-likeness (QED) is 0.888. The van der Waals surface area contributed by atoms with Crippen LogP contribution in [0.4, 0.5) is 0 Å². The smallest absolute Gasteiger partial charge is 0.291 e. The van der Waals surface area contributed by atoms with Crippen LogP contribution in [0.1, 0.15) is 36.3 Å². The zero-order chi connectivity index (χ0) is 14.7. The standard InChI is InChI=1S/C15H18N4O2/c20-14(16-10-15(21)8-4-5-9-15)13-17-11-19(18-13)12-6-2-1-3-7-12/h1-3,6-7,11,21H,4-5,8-10H2,(H,16,20). The SMILES string of the molecule is O=C(NCC1(O)CCCC1)c1ncn(-c2ccccc2)n1. The number of aliphatic hydroxyl groups is 1. The molecular weight excluding hydrogens is 268 g/mol. The van der Waals surface area contributed by atoms with Crippen molar-refractivity contribution < 1.29 is 9.90 Å². The molecule has 6 nitrogen and oxygen atoms in total. The minimum atomic E-state index is -0.766. The van der Waals surface area contributed by atoms with Crippen molar-refractivity contribution in [3.8, 4) is 5.69 Å². The van der Waals surface area contributed by atoms with E-state index in [2.05, 4.69) is 15.4 Å². The third-order valence-corrected chi connectivity index (χ3v) is 3.83. The molecule has 0 spiro atoms. The second-order valence-corrected chi connectivity index (χ2v) is 5.46. The van der Waals surface area contributed by atoms with E-state index in [1.54, 1.807) is 4.68 Å². The highest BCUT2D eigenvalue weighted by Crippen LogP contribution is 2.28. The van der Waals surface area contributed by atoms with Gasteiger partial charge in [0.15, 0.2) is 0 Å². The highest BCUT2D eigenvalue weighted by molar-refractivity contribution is 5.90. The van der Waals surface area contributed by atoms with Gasteiger partial charge in [-0.1, -0.05) is 31.0 Å². The van der Waals surface area contributed by atoms with E-state index in [0.29, 0.717) is 0 Å². The van der Waals surface area contributed by atoms with E-state index in [1.165, 1.54) is 6.33 Å². The van der Waals surface area contributed by atoms with Crippen molar-refractivity contribution in [2.24, 2.45) is 0 Å². The van der Waals surface area contributed by atoms with E-state index in [4.69, 9.17) is 0 Å². The van der Waals surface area contributed by atoms with Gasteiger partial charge in [0.05, 0.1) is 11.3 Å². The molecule has 0 atom stereocenters. The van der Waals surface area contributed by atoms with E-state index in [0.717, 1.165) is 31.4 Å². The maximum absolute atomic E-state index is 12.0. The summed E-state index contributed by atoms with van der Waals surface area (Å²) in [4.78, 5) is 16.0. The van der Waals surface area contributed by atoms with Gasteiger partial charge in [-0.15, -0.1) is 5.10 Å². The number of nitrogens with one attached hydrogen (secondary N) is 1. The van der Waals surface area contributed by atoms with Gasteiger partial charge in [-0.2, -0.15) is 0 Å². The number of nitrogens with zero attached hydrogens (tertiary/aromatic N) is 3. The number of amides is 1. The van der Waals surface area contributed by atoms with E-state index in [-0.39, 0.29) is 18.3 Å². The van der Waals surface area contributed by atoms with Gasteiger partial charge < -0.3 is 10.4 Å². The summed E-state index contributed by atoms with van der Waals surface area (Å²) in [5.74, 6) is -0.245. The summed E-state index contributed by atoms with van der Waals surface area (Å²) < 4.78 is 1.55. The molecule has 0 radical (unpaired) electrons. The van der Waals surface area contributed by atoms with Crippen LogP contribution >= 0.6 is 0 Å². The summed E-state index contributed by atoms with van der Waals surface area (Å²) in [6, 6.07) is 9.48. The Bertz CT molecular complexity index is 618. The van der Waals surface area contributed by atoms with Crippen molar-refractivity contribution in [2.75, 3.05) is 6.54 Å². The Morgan fingerprint density at radius 3 is 2.71 bits per heavy atom. The predicted octanol–water partition coefficient (Wildman–Crippen LogP) is 1.30. The lowest BCUT2D eigenvalue weighted by Crippen LogP contribution is -2.41. The third-order valence-electron chi connectivity index (χ3n) is 3.83. The number of aromatic nitrogens is 3. The summed E-state index contributed by atoms with van der Waals surface area (Å²) in [7, 11) is 0. The van der Waals surface area contributed by atoms with E-state index in [1.807, 2.05) is 30.3 Å². The number of hydrogen-bond donors (Lipinski definition) is 2. The molecule has 0 saturated heterocycles. The molecule has 1 aromatic heterocycles. The monoisotopic (exact) mass is 286 g/mol. The van der Waals surface area contributed by atoms with Crippen LogP contribution in [-0.4, -0.2) is 37.9 Å². The van der Waals surface area contributed by atoms with Crippen LogP contribution in [0.5, 0.6) is 0 Å². The Labute approximate surface area is 122 Å². The Balaban J connectivity index is 1.64. The minimum Gasteiger partial charge on any atom is -0.388 e. The molecule has 0 unspecified atom stereocenters. The number of carbonyl (C=O) groups excluding carboxylic acids is 1. The molecule has 3 rings (SSSR count). The number of hydrogen-bond acceptors (Lipinski definition) is 4. The lowest BCUT2D eigenvalue weighted by molar-refractivity contribution is 0.0447. The van der Waals surface area contributed by atoms with Crippen LogP contribution in [-0.2, 0) is 0 Å². The Morgan fingerprint density at radius 1 is 1.29 bits per heavy atom. The highest BCUT2D eigenvalue weighted by atomic mass is 16.3. The summed E-state index contributed by atoms with van der Waals surface area (Å²) in [5, 5.41) is 17.1. The molecule has 1 aliphatic rings. The zero-order valence-electron chi connectivity index (χ0n) is 11.7. The first kappa shape index (κ1) is 13.8. The first-order valence-electron chi connectivity index (χ1n) is 7.14. The second-order valence-electron chi connectivity index (χ2n) is 5.46. The average molecular weight is 286 g/mol. The average Bonchev–Trinajstić information content (AvgIpc) is 3.16.